The standard InChI is InChI=1S/C19H13ClIN3/c20-14-7-5-13(6-8-14)12-24-18-4-2-1-3-16(18)23-19(24)17-11-15(21)9-10-22-17/h1-11H,12H2. The number of imidazole rings is 1. The maximum atomic E-state index is 6.00. The fraction of sp³-hybridized carbons (Fsp3) is 0.0526. The Labute approximate surface area is 158 Å². The predicted molar refractivity (Wildman–Crippen MR) is 106 cm³/mol. The maximum absolute atomic E-state index is 6.00. The van der Waals surface area contributed by atoms with Gasteiger partial charge < -0.3 is 4.57 Å². The van der Waals surface area contributed by atoms with Gasteiger partial charge in [0.25, 0.3) is 0 Å². The SMILES string of the molecule is Clc1ccc(Cn2c(-c3cc(I)ccn3)nc3ccccc32)cc1. The lowest BCUT2D eigenvalue weighted by molar-refractivity contribution is 0.830. The number of hydrogen-bond acceptors (Lipinski definition) is 2. The third-order valence-electron chi connectivity index (χ3n) is 3.86. The van der Waals surface area contributed by atoms with Crippen LogP contribution in [0.25, 0.3) is 22.6 Å². The van der Waals surface area contributed by atoms with E-state index in [0.29, 0.717) is 0 Å². The van der Waals surface area contributed by atoms with Gasteiger partial charge in [-0.1, -0.05) is 35.9 Å². The number of fused-ring (bicyclic) bond motifs is 1. The van der Waals surface area contributed by atoms with E-state index in [4.69, 9.17) is 16.6 Å². The molecule has 2 aromatic heterocycles. The minimum atomic E-state index is 0.722. The highest BCUT2D eigenvalue weighted by atomic mass is 127. The normalized spacial score (nSPS) is 11.1. The average molecular weight is 446 g/mol. The topological polar surface area (TPSA) is 30.7 Å². The maximum Gasteiger partial charge on any atom is 0.160 e. The molecule has 0 atom stereocenters. The number of aromatic nitrogens is 3. The molecule has 3 nitrogen and oxygen atoms in total. The summed E-state index contributed by atoms with van der Waals surface area (Å²) >= 11 is 8.30. The summed E-state index contributed by atoms with van der Waals surface area (Å²) in [7, 11) is 0. The molecule has 0 fully saturated rings. The lowest BCUT2D eigenvalue weighted by Crippen LogP contribution is -2.03. The quantitative estimate of drug-likeness (QED) is 0.395. The highest BCUT2D eigenvalue weighted by molar-refractivity contribution is 14.1. The highest BCUT2D eigenvalue weighted by Crippen LogP contribution is 2.25. The van der Waals surface area contributed by atoms with Gasteiger partial charge in [-0.25, -0.2) is 4.98 Å². The van der Waals surface area contributed by atoms with E-state index in [1.165, 1.54) is 5.56 Å². The third kappa shape index (κ3) is 3.03. The van der Waals surface area contributed by atoms with Gasteiger partial charge in [0.05, 0.1) is 11.0 Å². The largest absolute Gasteiger partial charge is 0.318 e. The monoisotopic (exact) mass is 445 g/mol. The van der Waals surface area contributed by atoms with Crippen LogP contribution in [0.4, 0.5) is 0 Å². The van der Waals surface area contributed by atoms with Crippen molar-refractivity contribution in [3.05, 3.63) is 81.0 Å². The van der Waals surface area contributed by atoms with Crippen LogP contribution in [-0.2, 0) is 6.54 Å². The first kappa shape index (κ1) is 15.6. The van der Waals surface area contributed by atoms with Crippen molar-refractivity contribution < 1.29 is 0 Å². The molecular weight excluding hydrogens is 433 g/mol. The van der Waals surface area contributed by atoms with E-state index in [2.05, 4.69) is 44.3 Å². The first-order valence-corrected chi connectivity index (χ1v) is 8.98. The van der Waals surface area contributed by atoms with Crippen LogP contribution >= 0.6 is 34.2 Å². The fourth-order valence-electron chi connectivity index (χ4n) is 2.73. The van der Waals surface area contributed by atoms with Gasteiger partial charge in [0.2, 0.25) is 0 Å². The van der Waals surface area contributed by atoms with E-state index in [1.807, 2.05) is 54.7 Å². The van der Waals surface area contributed by atoms with Crippen molar-refractivity contribution in [2.75, 3.05) is 0 Å². The molecule has 0 unspecified atom stereocenters. The molecule has 5 heteroatoms. The molecule has 24 heavy (non-hydrogen) atoms. The third-order valence-corrected chi connectivity index (χ3v) is 4.78. The smallest absolute Gasteiger partial charge is 0.160 e. The number of nitrogens with zero attached hydrogens (tertiary/aromatic N) is 3. The molecule has 0 N–H and O–H groups in total. The summed E-state index contributed by atoms with van der Waals surface area (Å²) in [6.07, 6.45) is 1.82. The Hall–Kier alpha value is -1.92. The van der Waals surface area contributed by atoms with Gasteiger partial charge in [0.15, 0.2) is 5.82 Å². The average Bonchev–Trinajstić information content (AvgIpc) is 2.96. The summed E-state index contributed by atoms with van der Waals surface area (Å²) in [6.45, 7) is 0.722. The first-order chi connectivity index (χ1) is 11.7. The molecule has 0 aliphatic carbocycles. The van der Waals surface area contributed by atoms with Crippen LogP contribution in [0.1, 0.15) is 5.56 Å². The van der Waals surface area contributed by atoms with Crippen LogP contribution in [-0.4, -0.2) is 14.5 Å². The Morgan fingerprint density at radius 3 is 2.58 bits per heavy atom. The van der Waals surface area contributed by atoms with Crippen LogP contribution in [0.5, 0.6) is 0 Å². The van der Waals surface area contributed by atoms with Crippen LogP contribution in [0.2, 0.25) is 5.02 Å². The van der Waals surface area contributed by atoms with Gasteiger partial charge in [0.1, 0.15) is 5.69 Å². The second-order valence-electron chi connectivity index (χ2n) is 5.50. The van der Waals surface area contributed by atoms with Crippen molar-refractivity contribution in [1.29, 1.82) is 0 Å². The summed E-state index contributed by atoms with van der Waals surface area (Å²) in [6, 6.07) is 20.1. The summed E-state index contributed by atoms with van der Waals surface area (Å²) in [5.74, 6) is 0.879. The van der Waals surface area contributed by atoms with Crippen LogP contribution in [0, 0.1) is 3.57 Å². The summed E-state index contributed by atoms with van der Waals surface area (Å²) in [5, 5.41) is 0.744. The number of pyridine rings is 1. The van der Waals surface area contributed by atoms with Gasteiger partial charge in [-0.3, -0.25) is 4.98 Å². The molecule has 0 radical (unpaired) electrons. The lowest BCUT2D eigenvalue weighted by Gasteiger charge is -2.09. The van der Waals surface area contributed by atoms with Crippen molar-refractivity contribution in [1.82, 2.24) is 14.5 Å². The zero-order valence-corrected chi connectivity index (χ0v) is 15.6. The number of benzene rings is 2. The van der Waals surface area contributed by atoms with Gasteiger partial charge >= 0.3 is 0 Å². The Morgan fingerprint density at radius 2 is 1.79 bits per heavy atom. The van der Waals surface area contributed by atoms with Crippen molar-refractivity contribution in [3.8, 4) is 11.5 Å². The molecule has 4 aromatic rings. The van der Waals surface area contributed by atoms with Gasteiger partial charge in [-0.05, 0) is 64.6 Å². The van der Waals surface area contributed by atoms with Crippen molar-refractivity contribution in [3.63, 3.8) is 0 Å². The molecule has 0 amide bonds. The zero-order chi connectivity index (χ0) is 16.5. The van der Waals surface area contributed by atoms with Crippen molar-refractivity contribution in [2.24, 2.45) is 0 Å². The van der Waals surface area contributed by atoms with Crippen LogP contribution < -0.4 is 0 Å². The molecule has 0 spiro atoms. The highest BCUT2D eigenvalue weighted by Gasteiger charge is 2.14. The molecular formula is C19H13ClIN3. The van der Waals surface area contributed by atoms with Crippen molar-refractivity contribution in [2.45, 2.75) is 6.54 Å². The van der Waals surface area contributed by atoms with E-state index in [-0.39, 0.29) is 0 Å². The summed E-state index contributed by atoms with van der Waals surface area (Å²) in [4.78, 5) is 9.32. The van der Waals surface area contributed by atoms with Crippen LogP contribution in [0.15, 0.2) is 66.9 Å². The minimum Gasteiger partial charge on any atom is -0.318 e. The molecule has 0 saturated heterocycles. The summed E-state index contributed by atoms with van der Waals surface area (Å²) < 4.78 is 3.35. The molecule has 118 valence electrons. The Kier molecular flexibility index (Phi) is 4.24. The van der Waals surface area contributed by atoms with E-state index in [0.717, 1.165) is 37.7 Å². The van der Waals surface area contributed by atoms with E-state index in [1.54, 1.807) is 0 Å². The summed E-state index contributed by atoms with van der Waals surface area (Å²) in [5.41, 5.74) is 4.13. The molecule has 0 aliphatic rings. The van der Waals surface area contributed by atoms with E-state index < -0.39 is 0 Å². The second-order valence-corrected chi connectivity index (χ2v) is 7.18. The lowest BCUT2D eigenvalue weighted by atomic mass is 10.2. The number of rotatable bonds is 3. The minimum absolute atomic E-state index is 0.722. The van der Waals surface area contributed by atoms with Crippen LogP contribution in [0.3, 0.4) is 0 Å². The van der Waals surface area contributed by atoms with Gasteiger partial charge in [-0.15, -0.1) is 0 Å². The zero-order valence-electron chi connectivity index (χ0n) is 12.7. The molecule has 2 heterocycles. The van der Waals surface area contributed by atoms with Crippen molar-refractivity contribution >= 4 is 45.2 Å². The first-order valence-electron chi connectivity index (χ1n) is 7.52. The molecule has 4 rings (SSSR count). The molecule has 2 aromatic carbocycles. The fourth-order valence-corrected chi connectivity index (χ4v) is 3.31. The Bertz CT molecular complexity index is 1010. The number of halogens is 2. The number of hydrogen-bond donors (Lipinski definition) is 0. The Morgan fingerprint density at radius 1 is 1.00 bits per heavy atom. The van der Waals surface area contributed by atoms with E-state index >= 15 is 0 Å². The van der Waals surface area contributed by atoms with Gasteiger partial charge in [-0.2, -0.15) is 0 Å². The van der Waals surface area contributed by atoms with Gasteiger partial charge in [0, 0.05) is 21.3 Å². The molecule has 0 saturated carbocycles. The Balaban J connectivity index is 1.88. The predicted octanol–water partition coefficient (Wildman–Crippen LogP) is 5.40. The molecule has 0 aliphatic heterocycles. The number of para-hydroxylation sites is 2. The van der Waals surface area contributed by atoms with E-state index in [9.17, 15) is 0 Å². The molecule has 0 bridgehead atoms. The second kappa shape index (κ2) is 6.53.